The minimum Gasteiger partial charge on any atom is -0.312 e. The Bertz CT molecular complexity index is 885. The summed E-state index contributed by atoms with van der Waals surface area (Å²) in [6, 6.07) is 4.38. The van der Waals surface area contributed by atoms with Crippen LogP contribution in [0.15, 0.2) is 40.0 Å². The summed E-state index contributed by atoms with van der Waals surface area (Å²) in [6.07, 6.45) is 2.79. The van der Waals surface area contributed by atoms with Gasteiger partial charge in [0.15, 0.2) is 5.82 Å². The molecule has 0 fully saturated rings. The maximum Gasteiger partial charge on any atom is 0.271 e. The second kappa shape index (κ2) is 4.53. The van der Waals surface area contributed by atoms with Crippen LogP contribution in [0.5, 0.6) is 0 Å². The van der Waals surface area contributed by atoms with Crippen LogP contribution in [0.2, 0.25) is 0 Å². The minimum atomic E-state index is -0.489. The number of fused-ring (bicyclic) bond motifs is 1. The van der Waals surface area contributed by atoms with Gasteiger partial charge in [-0.1, -0.05) is 0 Å². The molecule has 100 valence electrons. The van der Waals surface area contributed by atoms with Crippen molar-refractivity contribution in [2.24, 2.45) is 0 Å². The summed E-state index contributed by atoms with van der Waals surface area (Å²) in [6.45, 7) is 0. The number of benzene rings is 1. The van der Waals surface area contributed by atoms with E-state index in [1.807, 2.05) is 0 Å². The lowest BCUT2D eigenvalue weighted by atomic mass is 10.2. The number of nitro benzene ring substituents is 1. The maximum atomic E-state index is 11.6. The van der Waals surface area contributed by atoms with Crippen LogP contribution in [0.1, 0.15) is 0 Å². The summed E-state index contributed by atoms with van der Waals surface area (Å²) in [5, 5.41) is 15.7. The van der Waals surface area contributed by atoms with E-state index >= 15 is 0 Å². The zero-order valence-electron chi connectivity index (χ0n) is 9.78. The van der Waals surface area contributed by atoms with Gasteiger partial charge in [-0.25, -0.2) is 9.67 Å². The molecule has 1 N–H and O–H groups in total. The standard InChI is InChI=1S/C11H6BrN5O3/c12-9-10(13-5-14-11(9)18)16-8-3-7(17(19)20)2-1-6(8)4-15-16/h1-5H,(H,13,14,18). The normalized spacial score (nSPS) is 10.8. The van der Waals surface area contributed by atoms with Gasteiger partial charge in [0.1, 0.15) is 4.47 Å². The van der Waals surface area contributed by atoms with Gasteiger partial charge in [-0.2, -0.15) is 5.10 Å². The molecule has 0 aliphatic carbocycles. The van der Waals surface area contributed by atoms with Gasteiger partial charge in [-0.15, -0.1) is 0 Å². The molecule has 0 aliphatic rings. The SMILES string of the molecule is O=c1[nH]cnc(-n2ncc3ccc([N+](=O)[O-])cc32)c1Br. The summed E-state index contributed by atoms with van der Waals surface area (Å²) >= 11 is 3.13. The minimum absolute atomic E-state index is 0.0554. The number of halogens is 1. The Kier molecular flexibility index (Phi) is 2.83. The van der Waals surface area contributed by atoms with E-state index in [9.17, 15) is 14.9 Å². The fourth-order valence-electron chi connectivity index (χ4n) is 1.81. The average molecular weight is 336 g/mol. The number of hydrogen-bond donors (Lipinski definition) is 1. The smallest absolute Gasteiger partial charge is 0.271 e. The molecular formula is C11H6BrN5O3. The van der Waals surface area contributed by atoms with Crippen LogP contribution in [0.25, 0.3) is 16.7 Å². The summed E-state index contributed by atoms with van der Waals surface area (Å²) in [5.74, 6) is 0.268. The van der Waals surface area contributed by atoms with Crippen molar-refractivity contribution in [1.29, 1.82) is 0 Å². The van der Waals surface area contributed by atoms with Gasteiger partial charge in [-0.05, 0) is 22.0 Å². The molecule has 8 nitrogen and oxygen atoms in total. The summed E-state index contributed by atoms with van der Waals surface area (Å²) in [5.41, 5.74) is 0.0855. The highest BCUT2D eigenvalue weighted by molar-refractivity contribution is 9.10. The lowest BCUT2D eigenvalue weighted by Crippen LogP contribution is -2.12. The van der Waals surface area contributed by atoms with Crippen LogP contribution in [0.3, 0.4) is 0 Å². The first-order valence-corrected chi connectivity index (χ1v) is 6.23. The molecule has 2 aromatic heterocycles. The fraction of sp³-hybridized carbons (Fsp3) is 0. The Balaban J connectivity index is 2.31. The highest BCUT2D eigenvalue weighted by Crippen LogP contribution is 2.24. The van der Waals surface area contributed by atoms with E-state index in [2.05, 4.69) is 31.0 Å². The highest BCUT2D eigenvalue weighted by atomic mass is 79.9. The van der Waals surface area contributed by atoms with Crippen molar-refractivity contribution in [3.63, 3.8) is 0 Å². The molecule has 2 heterocycles. The van der Waals surface area contributed by atoms with Crippen LogP contribution in [-0.4, -0.2) is 24.7 Å². The van der Waals surface area contributed by atoms with Crippen LogP contribution < -0.4 is 5.56 Å². The zero-order valence-corrected chi connectivity index (χ0v) is 11.4. The molecule has 1 aromatic carbocycles. The van der Waals surface area contributed by atoms with E-state index in [1.165, 1.54) is 23.1 Å². The van der Waals surface area contributed by atoms with Crippen molar-refractivity contribution >= 4 is 32.5 Å². The Morgan fingerprint density at radius 2 is 2.20 bits per heavy atom. The number of aromatic nitrogens is 4. The molecule has 9 heteroatoms. The lowest BCUT2D eigenvalue weighted by Gasteiger charge is -2.03. The number of H-pyrrole nitrogens is 1. The van der Waals surface area contributed by atoms with Crippen molar-refractivity contribution in [1.82, 2.24) is 19.7 Å². The molecule has 0 saturated carbocycles. The number of aromatic amines is 1. The maximum absolute atomic E-state index is 11.6. The number of nitrogens with zero attached hydrogens (tertiary/aromatic N) is 4. The largest absolute Gasteiger partial charge is 0.312 e. The molecule has 0 saturated heterocycles. The molecular weight excluding hydrogens is 330 g/mol. The van der Waals surface area contributed by atoms with Crippen molar-refractivity contribution in [3.05, 3.63) is 55.7 Å². The van der Waals surface area contributed by atoms with Crippen molar-refractivity contribution < 1.29 is 4.92 Å². The number of hydrogen-bond acceptors (Lipinski definition) is 5. The predicted octanol–water partition coefficient (Wildman–Crippen LogP) is 1.78. The topological polar surface area (TPSA) is 107 Å². The van der Waals surface area contributed by atoms with E-state index in [0.717, 1.165) is 0 Å². The summed E-state index contributed by atoms with van der Waals surface area (Å²) < 4.78 is 1.58. The average Bonchev–Trinajstić information content (AvgIpc) is 2.84. The molecule has 20 heavy (non-hydrogen) atoms. The molecule has 0 bridgehead atoms. The number of nitro groups is 1. The fourth-order valence-corrected chi connectivity index (χ4v) is 2.20. The quantitative estimate of drug-likeness (QED) is 0.567. The molecule has 3 rings (SSSR count). The number of nitrogens with one attached hydrogen (secondary N) is 1. The molecule has 0 spiro atoms. The molecule has 0 aliphatic heterocycles. The van der Waals surface area contributed by atoms with Crippen LogP contribution in [0.4, 0.5) is 5.69 Å². The molecule has 0 atom stereocenters. The Hall–Kier alpha value is -2.55. The first kappa shape index (κ1) is 12.5. The van der Waals surface area contributed by atoms with Gasteiger partial charge in [-0.3, -0.25) is 14.9 Å². The first-order chi connectivity index (χ1) is 9.58. The monoisotopic (exact) mass is 335 g/mol. The number of non-ortho nitro benzene ring substituents is 1. The zero-order chi connectivity index (χ0) is 14.3. The van der Waals surface area contributed by atoms with E-state index in [4.69, 9.17) is 0 Å². The Morgan fingerprint density at radius 1 is 1.40 bits per heavy atom. The second-order valence-electron chi connectivity index (χ2n) is 3.93. The van der Waals surface area contributed by atoms with Gasteiger partial charge in [0.2, 0.25) is 0 Å². The van der Waals surface area contributed by atoms with Gasteiger partial charge < -0.3 is 4.98 Å². The third kappa shape index (κ3) is 1.88. The van der Waals surface area contributed by atoms with E-state index < -0.39 is 4.92 Å². The van der Waals surface area contributed by atoms with E-state index in [1.54, 1.807) is 12.3 Å². The Labute approximate surface area is 119 Å². The van der Waals surface area contributed by atoms with Crippen LogP contribution in [-0.2, 0) is 0 Å². The molecule has 0 amide bonds. The first-order valence-electron chi connectivity index (χ1n) is 5.43. The van der Waals surface area contributed by atoms with Crippen molar-refractivity contribution in [2.75, 3.05) is 0 Å². The van der Waals surface area contributed by atoms with Crippen LogP contribution >= 0.6 is 15.9 Å². The summed E-state index contributed by atoms with van der Waals surface area (Å²) in [7, 11) is 0. The van der Waals surface area contributed by atoms with Gasteiger partial charge in [0, 0.05) is 17.5 Å². The van der Waals surface area contributed by atoms with Gasteiger partial charge in [0.05, 0.1) is 23.0 Å². The van der Waals surface area contributed by atoms with Gasteiger partial charge in [0.25, 0.3) is 11.2 Å². The van der Waals surface area contributed by atoms with Crippen molar-refractivity contribution in [2.45, 2.75) is 0 Å². The summed E-state index contributed by atoms with van der Waals surface area (Å²) in [4.78, 5) is 28.3. The third-order valence-corrected chi connectivity index (χ3v) is 3.46. The van der Waals surface area contributed by atoms with Crippen LogP contribution in [0, 0.1) is 10.1 Å². The third-order valence-electron chi connectivity index (χ3n) is 2.74. The molecule has 3 aromatic rings. The highest BCUT2D eigenvalue weighted by Gasteiger charge is 2.14. The Morgan fingerprint density at radius 3 is 2.95 bits per heavy atom. The molecule has 0 unspecified atom stereocenters. The number of rotatable bonds is 2. The predicted molar refractivity (Wildman–Crippen MR) is 73.8 cm³/mol. The van der Waals surface area contributed by atoms with E-state index in [-0.39, 0.29) is 21.5 Å². The second-order valence-corrected chi connectivity index (χ2v) is 4.72. The molecule has 0 radical (unpaired) electrons. The van der Waals surface area contributed by atoms with Gasteiger partial charge >= 0.3 is 0 Å². The van der Waals surface area contributed by atoms with E-state index in [0.29, 0.717) is 10.9 Å². The van der Waals surface area contributed by atoms with Crippen molar-refractivity contribution in [3.8, 4) is 5.82 Å². The lowest BCUT2D eigenvalue weighted by molar-refractivity contribution is -0.384.